The number of hydrogen-bond donors (Lipinski definition) is 2. The predicted molar refractivity (Wildman–Crippen MR) is 54.6 cm³/mol. The first-order valence-electron chi connectivity index (χ1n) is 4.89. The Labute approximate surface area is 80.1 Å². The summed E-state index contributed by atoms with van der Waals surface area (Å²) in [6.07, 6.45) is 4.13. The van der Waals surface area contributed by atoms with Gasteiger partial charge in [0.2, 0.25) is 0 Å². The molecule has 2 fully saturated rings. The first kappa shape index (κ1) is 8.85. The van der Waals surface area contributed by atoms with Crippen LogP contribution in [-0.2, 0) is 0 Å². The minimum absolute atomic E-state index is 0.430. The van der Waals surface area contributed by atoms with Gasteiger partial charge in [0, 0.05) is 18.6 Å². The largest absolute Gasteiger partial charge is 0.309 e. The van der Waals surface area contributed by atoms with Gasteiger partial charge < -0.3 is 5.32 Å². The van der Waals surface area contributed by atoms with Crippen molar-refractivity contribution in [3.8, 4) is 0 Å². The third kappa shape index (κ3) is 1.50. The van der Waals surface area contributed by atoms with E-state index >= 15 is 0 Å². The molecule has 3 heteroatoms. The first-order valence-corrected chi connectivity index (χ1v) is 5.41. The fourth-order valence-electron chi connectivity index (χ4n) is 2.30. The van der Waals surface area contributed by atoms with Crippen LogP contribution >= 0.6 is 12.6 Å². The van der Waals surface area contributed by atoms with Crippen LogP contribution < -0.4 is 5.32 Å². The highest BCUT2D eigenvalue weighted by Gasteiger charge is 2.44. The summed E-state index contributed by atoms with van der Waals surface area (Å²) in [6.45, 7) is 5.78. The van der Waals surface area contributed by atoms with Gasteiger partial charge in [0.25, 0.3) is 0 Å². The van der Waals surface area contributed by atoms with E-state index in [0.717, 1.165) is 0 Å². The Morgan fingerprint density at radius 2 is 2.17 bits per heavy atom. The molecule has 12 heavy (non-hydrogen) atoms. The van der Waals surface area contributed by atoms with Crippen molar-refractivity contribution in [1.29, 1.82) is 0 Å². The lowest BCUT2D eigenvalue weighted by molar-refractivity contribution is 0.0182. The van der Waals surface area contributed by atoms with Crippen LogP contribution in [0.2, 0.25) is 0 Å². The number of piperidine rings is 1. The number of likely N-dealkylation sites (tertiary alicyclic amines) is 1. The molecule has 0 aromatic heterocycles. The first-order chi connectivity index (χ1) is 5.72. The van der Waals surface area contributed by atoms with Crippen molar-refractivity contribution in [2.45, 2.75) is 37.1 Å². The highest BCUT2D eigenvalue weighted by molar-refractivity contribution is 7.80. The van der Waals surface area contributed by atoms with Crippen molar-refractivity contribution in [3.63, 3.8) is 0 Å². The second-order valence-corrected chi connectivity index (χ2v) is 4.95. The molecule has 0 amide bonds. The van der Waals surface area contributed by atoms with Gasteiger partial charge >= 0.3 is 0 Å². The van der Waals surface area contributed by atoms with Gasteiger partial charge in [-0.25, -0.2) is 0 Å². The van der Waals surface area contributed by atoms with Crippen molar-refractivity contribution in [1.82, 2.24) is 10.2 Å². The molecule has 0 radical (unpaired) electrons. The molecule has 2 rings (SSSR count). The molecule has 1 atom stereocenters. The molecule has 1 N–H and O–H groups in total. The van der Waals surface area contributed by atoms with Gasteiger partial charge in [-0.3, -0.25) is 4.90 Å². The van der Waals surface area contributed by atoms with E-state index in [0.29, 0.717) is 10.9 Å². The molecule has 1 spiro atoms. The molecular weight excluding hydrogens is 168 g/mol. The van der Waals surface area contributed by atoms with Crippen molar-refractivity contribution < 1.29 is 0 Å². The van der Waals surface area contributed by atoms with E-state index in [1.54, 1.807) is 0 Å². The van der Waals surface area contributed by atoms with Gasteiger partial charge in [0.15, 0.2) is 0 Å². The normalized spacial score (nSPS) is 31.5. The zero-order valence-corrected chi connectivity index (χ0v) is 8.61. The van der Waals surface area contributed by atoms with Crippen molar-refractivity contribution in [2.75, 3.05) is 19.6 Å². The maximum Gasteiger partial charge on any atom is 0.0500 e. The number of nitrogens with one attached hydrogen (secondary N) is 1. The predicted octanol–water partition coefficient (Wildman–Crippen LogP) is 1.09. The molecule has 2 heterocycles. The number of nitrogens with zero attached hydrogens (tertiary/aromatic N) is 1. The highest BCUT2D eigenvalue weighted by Crippen LogP contribution is 2.31. The van der Waals surface area contributed by atoms with Crippen molar-refractivity contribution in [3.05, 3.63) is 0 Å². The van der Waals surface area contributed by atoms with Crippen molar-refractivity contribution >= 4 is 12.6 Å². The van der Waals surface area contributed by atoms with E-state index in [9.17, 15) is 0 Å². The highest BCUT2D eigenvalue weighted by atomic mass is 32.1. The summed E-state index contributed by atoms with van der Waals surface area (Å²) >= 11 is 4.43. The van der Waals surface area contributed by atoms with E-state index in [4.69, 9.17) is 0 Å². The summed E-state index contributed by atoms with van der Waals surface area (Å²) in [7, 11) is 0. The molecule has 0 aliphatic carbocycles. The molecule has 2 nitrogen and oxygen atoms in total. The lowest BCUT2D eigenvalue weighted by Crippen LogP contribution is -2.71. The summed E-state index contributed by atoms with van der Waals surface area (Å²) in [4.78, 5) is 2.42. The Balaban J connectivity index is 1.84. The molecule has 0 aromatic rings. The third-order valence-electron chi connectivity index (χ3n) is 3.12. The maximum atomic E-state index is 4.43. The Kier molecular flexibility index (Phi) is 2.36. The quantitative estimate of drug-likeness (QED) is 0.596. The Morgan fingerprint density at radius 1 is 1.42 bits per heavy atom. The fraction of sp³-hybridized carbons (Fsp3) is 1.00. The average Bonchev–Trinajstić information content (AvgIpc) is 2.01. The third-order valence-corrected chi connectivity index (χ3v) is 3.45. The summed E-state index contributed by atoms with van der Waals surface area (Å²) in [5.41, 5.74) is 0.481. The van der Waals surface area contributed by atoms with E-state index in [1.807, 2.05) is 0 Å². The van der Waals surface area contributed by atoms with E-state index in [-0.39, 0.29) is 0 Å². The molecule has 70 valence electrons. The minimum atomic E-state index is 0.430. The minimum Gasteiger partial charge on any atom is -0.309 e. The van der Waals surface area contributed by atoms with Crippen LogP contribution in [0.4, 0.5) is 0 Å². The Hall–Kier alpha value is 0.270. The zero-order chi connectivity index (χ0) is 8.60. The van der Waals surface area contributed by atoms with Gasteiger partial charge in [-0.1, -0.05) is 6.42 Å². The van der Waals surface area contributed by atoms with Gasteiger partial charge in [-0.2, -0.15) is 12.6 Å². The Bertz CT molecular complexity index is 156. The standard InChI is InChI=1S/C9H18N2S/c1-8(12)11-6-9(7-11)4-2-3-5-10-9/h8,10,12H,2-7H2,1H3. The zero-order valence-electron chi connectivity index (χ0n) is 7.71. The van der Waals surface area contributed by atoms with Gasteiger partial charge in [0.05, 0.1) is 5.37 Å². The molecule has 2 aliphatic rings. The molecule has 2 aliphatic heterocycles. The second-order valence-electron chi connectivity index (χ2n) is 4.20. The monoisotopic (exact) mass is 186 g/mol. The molecule has 0 aromatic carbocycles. The molecule has 0 saturated carbocycles. The van der Waals surface area contributed by atoms with Gasteiger partial charge in [-0.15, -0.1) is 0 Å². The summed E-state index contributed by atoms with van der Waals surface area (Å²) < 4.78 is 0. The second kappa shape index (κ2) is 3.20. The van der Waals surface area contributed by atoms with E-state index in [1.165, 1.54) is 38.9 Å². The van der Waals surface area contributed by atoms with Crippen LogP contribution in [0.25, 0.3) is 0 Å². The average molecular weight is 186 g/mol. The van der Waals surface area contributed by atoms with Crippen LogP contribution in [0.5, 0.6) is 0 Å². The summed E-state index contributed by atoms with van der Waals surface area (Å²) in [5.74, 6) is 0. The summed E-state index contributed by atoms with van der Waals surface area (Å²) in [6, 6.07) is 0. The molecular formula is C9H18N2S. The Morgan fingerprint density at radius 3 is 2.67 bits per heavy atom. The molecule has 1 unspecified atom stereocenters. The van der Waals surface area contributed by atoms with Crippen LogP contribution in [0.3, 0.4) is 0 Å². The number of thiol groups is 1. The molecule has 2 saturated heterocycles. The van der Waals surface area contributed by atoms with Gasteiger partial charge in [0.1, 0.15) is 0 Å². The number of hydrogen-bond acceptors (Lipinski definition) is 3. The van der Waals surface area contributed by atoms with E-state index in [2.05, 4.69) is 29.8 Å². The SMILES string of the molecule is CC(S)N1CC2(CCCCN2)C1. The van der Waals surface area contributed by atoms with Gasteiger partial charge in [-0.05, 0) is 26.3 Å². The molecule has 0 bridgehead atoms. The van der Waals surface area contributed by atoms with Crippen molar-refractivity contribution in [2.24, 2.45) is 0 Å². The maximum absolute atomic E-state index is 4.43. The van der Waals surface area contributed by atoms with Crippen LogP contribution in [-0.4, -0.2) is 35.4 Å². The number of rotatable bonds is 1. The van der Waals surface area contributed by atoms with Crippen LogP contribution in [0.15, 0.2) is 0 Å². The fourth-order valence-corrected chi connectivity index (χ4v) is 2.46. The lowest BCUT2D eigenvalue weighted by Gasteiger charge is -2.54. The summed E-state index contributed by atoms with van der Waals surface area (Å²) in [5, 5.41) is 4.07. The lowest BCUT2D eigenvalue weighted by atomic mass is 9.82. The topological polar surface area (TPSA) is 15.3 Å². The smallest absolute Gasteiger partial charge is 0.0500 e. The van der Waals surface area contributed by atoms with E-state index < -0.39 is 0 Å². The van der Waals surface area contributed by atoms with Crippen LogP contribution in [0, 0.1) is 0 Å². The van der Waals surface area contributed by atoms with Crippen LogP contribution in [0.1, 0.15) is 26.2 Å².